The Hall–Kier alpha value is -6.54. The highest BCUT2D eigenvalue weighted by atomic mass is 32.1. The van der Waals surface area contributed by atoms with Gasteiger partial charge in [0.1, 0.15) is 0 Å². The van der Waals surface area contributed by atoms with Crippen molar-refractivity contribution >= 4 is 63.8 Å². The van der Waals surface area contributed by atoms with E-state index in [4.69, 9.17) is 0 Å². The molecule has 11 rings (SSSR count). The van der Waals surface area contributed by atoms with Gasteiger partial charge in [0.15, 0.2) is 0 Å². The highest BCUT2D eigenvalue weighted by Crippen LogP contribution is 2.46. The largest absolute Gasteiger partial charge is 0.135 e. The van der Waals surface area contributed by atoms with Crippen molar-refractivity contribution in [3.8, 4) is 55.6 Å². The molecule has 11 aromatic rings. The molecule has 0 spiro atoms. The van der Waals surface area contributed by atoms with Gasteiger partial charge in [-0.2, -0.15) is 0 Å². The maximum absolute atomic E-state index is 2.45. The summed E-state index contributed by atoms with van der Waals surface area (Å²) < 4.78 is 2.68. The zero-order valence-electron chi connectivity index (χ0n) is 28.9. The van der Waals surface area contributed by atoms with Crippen molar-refractivity contribution in [1.82, 2.24) is 0 Å². The molecule has 1 heterocycles. The summed E-state index contributed by atoms with van der Waals surface area (Å²) in [6, 6.07) is 71.8. The van der Waals surface area contributed by atoms with E-state index in [0.29, 0.717) is 0 Å². The van der Waals surface area contributed by atoms with Gasteiger partial charge >= 0.3 is 0 Å². The molecule has 0 aliphatic heterocycles. The first-order valence-electron chi connectivity index (χ1n) is 18.2. The summed E-state index contributed by atoms with van der Waals surface area (Å²) in [5.74, 6) is 0. The monoisotopic (exact) mass is 688 g/mol. The van der Waals surface area contributed by atoms with E-state index >= 15 is 0 Å². The second kappa shape index (κ2) is 12.0. The van der Waals surface area contributed by atoms with Crippen LogP contribution in [-0.4, -0.2) is 0 Å². The van der Waals surface area contributed by atoms with E-state index in [1.54, 1.807) is 0 Å². The summed E-state index contributed by atoms with van der Waals surface area (Å²) >= 11 is 1.89. The summed E-state index contributed by atoms with van der Waals surface area (Å²) in [5.41, 5.74) is 12.3. The van der Waals surface area contributed by atoms with Gasteiger partial charge in [0.2, 0.25) is 0 Å². The molecule has 0 radical (unpaired) electrons. The Morgan fingerprint density at radius 1 is 0.264 bits per heavy atom. The molecule has 0 bridgehead atoms. The maximum atomic E-state index is 2.45. The Balaban J connectivity index is 1.15. The number of hydrogen-bond donors (Lipinski definition) is 0. The molecule has 0 saturated heterocycles. The van der Waals surface area contributed by atoms with Gasteiger partial charge in [0.05, 0.1) is 0 Å². The third-order valence-corrected chi connectivity index (χ3v) is 12.2. The van der Waals surface area contributed by atoms with Crippen LogP contribution < -0.4 is 0 Å². The number of benzene rings is 10. The smallest absolute Gasteiger partial charge is 0.0433 e. The van der Waals surface area contributed by atoms with Crippen LogP contribution in [0.2, 0.25) is 0 Å². The molecule has 0 unspecified atom stereocenters. The van der Waals surface area contributed by atoms with Crippen LogP contribution >= 0.6 is 11.3 Å². The molecule has 10 aromatic carbocycles. The molecule has 1 aromatic heterocycles. The molecule has 1 heteroatoms. The standard InChI is InChI=1S/C52H32S/c1-3-11-33(12-4-1)39-29-40(34-13-5-2-6-14-34)31-41(30-39)48-32-47(44-27-25-37-15-9-16-38-26-28-45(48)51(44)50(37)38)36-23-21-35(22-24-36)42-18-10-19-46-43-17-7-8-20-49(43)53-52(42)46/h1-32H. The van der Waals surface area contributed by atoms with E-state index < -0.39 is 0 Å². The van der Waals surface area contributed by atoms with Crippen molar-refractivity contribution in [3.05, 3.63) is 194 Å². The van der Waals surface area contributed by atoms with Gasteiger partial charge in [-0.3, -0.25) is 0 Å². The minimum absolute atomic E-state index is 1.22. The molecule has 0 nitrogen and oxygen atoms in total. The Kier molecular flexibility index (Phi) is 6.83. The summed E-state index contributed by atoms with van der Waals surface area (Å²) in [5, 5.41) is 10.5. The normalized spacial score (nSPS) is 11.8. The molecule has 0 fully saturated rings. The average Bonchev–Trinajstić information content (AvgIpc) is 3.62. The SMILES string of the molecule is c1ccc(-c2cc(-c3ccccc3)cc(-c3cc(-c4ccc(-c5cccc6c5sc5ccccc56)cc4)c4ccc5cccc6ccc3c4c56)c2)cc1. The number of rotatable bonds is 5. The maximum Gasteiger partial charge on any atom is 0.0433 e. The van der Waals surface area contributed by atoms with Crippen molar-refractivity contribution in [1.29, 1.82) is 0 Å². The van der Waals surface area contributed by atoms with Gasteiger partial charge in [-0.15, -0.1) is 11.3 Å². The van der Waals surface area contributed by atoms with Gasteiger partial charge in [-0.05, 0) is 118 Å². The third-order valence-electron chi connectivity index (χ3n) is 11.0. The Labute approximate surface area is 312 Å². The van der Waals surface area contributed by atoms with Crippen molar-refractivity contribution in [3.63, 3.8) is 0 Å². The number of fused-ring (bicyclic) bond motifs is 3. The fourth-order valence-corrected chi connectivity index (χ4v) is 9.73. The van der Waals surface area contributed by atoms with Gasteiger partial charge in [0.25, 0.3) is 0 Å². The second-order valence-electron chi connectivity index (χ2n) is 14.0. The number of hydrogen-bond acceptors (Lipinski definition) is 1. The molecule has 0 aliphatic rings. The van der Waals surface area contributed by atoms with Crippen molar-refractivity contribution in [2.75, 3.05) is 0 Å². The van der Waals surface area contributed by atoms with Crippen LogP contribution in [0, 0.1) is 0 Å². The quantitative estimate of drug-likeness (QED) is 0.158. The second-order valence-corrected chi connectivity index (χ2v) is 15.1. The lowest BCUT2D eigenvalue weighted by Gasteiger charge is -2.19. The first-order chi connectivity index (χ1) is 26.3. The highest BCUT2D eigenvalue weighted by molar-refractivity contribution is 7.26. The minimum atomic E-state index is 1.22. The first kappa shape index (κ1) is 30.1. The lowest BCUT2D eigenvalue weighted by molar-refractivity contribution is 1.57. The molecule has 0 atom stereocenters. The van der Waals surface area contributed by atoms with Crippen molar-refractivity contribution in [2.24, 2.45) is 0 Å². The van der Waals surface area contributed by atoms with E-state index in [2.05, 4.69) is 194 Å². The lowest BCUT2D eigenvalue weighted by atomic mass is 9.84. The fourth-order valence-electron chi connectivity index (χ4n) is 8.49. The first-order valence-corrected chi connectivity index (χ1v) is 19.1. The predicted molar refractivity (Wildman–Crippen MR) is 230 cm³/mol. The molecule has 0 amide bonds. The molecule has 53 heavy (non-hydrogen) atoms. The predicted octanol–water partition coefficient (Wildman–Crippen LogP) is 15.3. The van der Waals surface area contributed by atoms with Gasteiger partial charge in [-0.25, -0.2) is 0 Å². The molecular formula is C52H32S. The Morgan fingerprint density at radius 2 is 0.792 bits per heavy atom. The van der Waals surface area contributed by atoms with Crippen LogP contribution in [0.1, 0.15) is 0 Å². The summed E-state index contributed by atoms with van der Waals surface area (Å²) in [6.07, 6.45) is 0. The van der Waals surface area contributed by atoms with Crippen LogP contribution in [0.15, 0.2) is 194 Å². The Morgan fingerprint density at radius 3 is 1.45 bits per heavy atom. The fraction of sp³-hybridized carbons (Fsp3) is 0. The Bertz CT molecular complexity index is 3060. The highest BCUT2D eigenvalue weighted by Gasteiger charge is 2.18. The zero-order chi connectivity index (χ0) is 34.9. The van der Waals surface area contributed by atoms with Gasteiger partial charge < -0.3 is 0 Å². The van der Waals surface area contributed by atoms with E-state index in [1.807, 2.05) is 11.3 Å². The molecular weight excluding hydrogens is 657 g/mol. The van der Waals surface area contributed by atoms with Gasteiger partial charge in [-0.1, -0.05) is 164 Å². The van der Waals surface area contributed by atoms with Crippen LogP contribution in [0.3, 0.4) is 0 Å². The van der Waals surface area contributed by atoms with E-state index in [0.717, 1.165) is 0 Å². The average molecular weight is 689 g/mol. The van der Waals surface area contributed by atoms with E-state index in [1.165, 1.54) is 108 Å². The number of thiophene rings is 1. The van der Waals surface area contributed by atoms with Crippen molar-refractivity contribution in [2.45, 2.75) is 0 Å². The lowest BCUT2D eigenvalue weighted by Crippen LogP contribution is -1.92. The third kappa shape index (κ3) is 4.89. The van der Waals surface area contributed by atoms with E-state index in [9.17, 15) is 0 Å². The zero-order valence-corrected chi connectivity index (χ0v) is 29.7. The van der Waals surface area contributed by atoms with Crippen LogP contribution in [-0.2, 0) is 0 Å². The summed E-state index contributed by atoms with van der Waals surface area (Å²) in [4.78, 5) is 0. The van der Waals surface area contributed by atoms with Crippen LogP contribution in [0.25, 0.3) is 108 Å². The van der Waals surface area contributed by atoms with E-state index in [-0.39, 0.29) is 0 Å². The van der Waals surface area contributed by atoms with Crippen LogP contribution in [0.4, 0.5) is 0 Å². The molecule has 0 saturated carbocycles. The summed E-state index contributed by atoms with van der Waals surface area (Å²) in [7, 11) is 0. The topological polar surface area (TPSA) is 0 Å². The van der Waals surface area contributed by atoms with Crippen LogP contribution in [0.5, 0.6) is 0 Å². The molecule has 246 valence electrons. The summed E-state index contributed by atoms with van der Waals surface area (Å²) in [6.45, 7) is 0. The minimum Gasteiger partial charge on any atom is -0.135 e. The van der Waals surface area contributed by atoms with Crippen molar-refractivity contribution < 1.29 is 0 Å². The van der Waals surface area contributed by atoms with Gasteiger partial charge in [0, 0.05) is 20.2 Å². The molecule has 0 N–H and O–H groups in total. The molecule has 0 aliphatic carbocycles.